The third-order valence-corrected chi connectivity index (χ3v) is 3.11. The SMILES string of the molecule is CCC(CO)(CO)NC(=O)COc1ccccc1OC. The van der Waals surface area contributed by atoms with Gasteiger partial charge in [0.2, 0.25) is 0 Å². The predicted molar refractivity (Wildman–Crippen MR) is 73.8 cm³/mol. The highest BCUT2D eigenvalue weighted by atomic mass is 16.5. The first-order valence-electron chi connectivity index (χ1n) is 6.39. The average Bonchev–Trinajstić information content (AvgIpc) is 2.51. The van der Waals surface area contributed by atoms with Crippen LogP contribution in [0.3, 0.4) is 0 Å². The van der Waals surface area contributed by atoms with Crippen LogP contribution in [0.2, 0.25) is 0 Å². The number of aliphatic hydroxyl groups excluding tert-OH is 2. The molecule has 1 amide bonds. The third kappa shape index (κ3) is 4.11. The van der Waals surface area contributed by atoms with Crippen molar-refractivity contribution in [3.8, 4) is 11.5 Å². The summed E-state index contributed by atoms with van der Waals surface area (Å²) in [5.74, 6) is 0.576. The Labute approximate surface area is 118 Å². The second-order valence-electron chi connectivity index (χ2n) is 4.44. The van der Waals surface area contributed by atoms with E-state index in [1.807, 2.05) is 0 Å². The number of carbonyl (C=O) groups is 1. The number of nitrogens with one attached hydrogen (secondary N) is 1. The fourth-order valence-electron chi connectivity index (χ4n) is 1.65. The molecule has 6 heteroatoms. The summed E-state index contributed by atoms with van der Waals surface area (Å²) in [6, 6.07) is 6.99. The number of ether oxygens (including phenoxy) is 2. The number of methoxy groups -OCH3 is 1. The molecule has 0 saturated carbocycles. The van der Waals surface area contributed by atoms with Gasteiger partial charge in [-0.25, -0.2) is 0 Å². The summed E-state index contributed by atoms with van der Waals surface area (Å²) in [7, 11) is 1.52. The standard InChI is InChI=1S/C14H21NO5/c1-3-14(9-16,10-17)15-13(18)8-20-12-7-5-4-6-11(12)19-2/h4-7,16-17H,3,8-10H2,1-2H3,(H,15,18). The van der Waals surface area contributed by atoms with Crippen molar-refractivity contribution in [2.75, 3.05) is 26.9 Å². The maximum Gasteiger partial charge on any atom is 0.258 e. The Morgan fingerprint density at radius 3 is 2.35 bits per heavy atom. The van der Waals surface area contributed by atoms with E-state index >= 15 is 0 Å². The van der Waals surface area contributed by atoms with E-state index < -0.39 is 11.4 Å². The summed E-state index contributed by atoms with van der Waals surface area (Å²) >= 11 is 0. The van der Waals surface area contributed by atoms with Gasteiger partial charge in [-0.05, 0) is 18.6 Å². The molecule has 0 heterocycles. The molecule has 0 saturated heterocycles. The van der Waals surface area contributed by atoms with Gasteiger partial charge in [-0.2, -0.15) is 0 Å². The largest absolute Gasteiger partial charge is 0.493 e. The Bertz CT molecular complexity index is 423. The first-order valence-corrected chi connectivity index (χ1v) is 6.39. The molecule has 0 spiro atoms. The lowest BCUT2D eigenvalue weighted by Gasteiger charge is -2.29. The normalized spacial score (nSPS) is 11.0. The van der Waals surface area contributed by atoms with Crippen LogP contribution >= 0.6 is 0 Å². The zero-order valence-electron chi connectivity index (χ0n) is 11.8. The van der Waals surface area contributed by atoms with Gasteiger partial charge in [-0.1, -0.05) is 19.1 Å². The van der Waals surface area contributed by atoms with Gasteiger partial charge in [-0.3, -0.25) is 4.79 Å². The van der Waals surface area contributed by atoms with Crippen molar-refractivity contribution in [2.24, 2.45) is 0 Å². The zero-order valence-corrected chi connectivity index (χ0v) is 11.8. The Kier molecular flexibility index (Phi) is 6.27. The van der Waals surface area contributed by atoms with E-state index in [2.05, 4.69) is 5.32 Å². The highest BCUT2D eigenvalue weighted by Gasteiger charge is 2.28. The maximum absolute atomic E-state index is 11.8. The van der Waals surface area contributed by atoms with Gasteiger partial charge in [0.15, 0.2) is 18.1 Å². The molecule has 20 heavy (non-hydrogen) atoms. The summed E-state index contributed by atoms with van der Waals surface area (Å²) in [6.07, 6.45) is 0.417. The molecule has 112 valence electrons. The summed E-state index contributed by atoms with van der Waals surface area (Å²) < 4.78 is 10.5. The monoisotopic (exact) mass is 283 g/mol. The Morgan fingerprint density at radius 2 is 1.85 bits per heavy atom. The lowest BCUT2D eigenvalue weighted by molar-refractivity contribution is -0.126. The predicted octanol–water partition coefficient (Wildman–Crippen LogP) is 0.324. The number of amides is 1. The first-order chi connectivity index (χ1) is 9.60. The molecule has 0 aromatic heterocycles. The molecule has 0 radical (unpaired) electrons. The second kappa shape index (κ2) is 7.72. The van der Waals surface area contributed by atoms with E-state index in [0.29, 0.717) is 17.9 Å². The molecule has 0 aliphatic carbocycles. The molecule has 3 N–H and O–H groups in total. The molecule has 1 aromatic rings. The van der Waals surface area contributed by atoms with E-state index in [4.69, 9.17) is 9.47 Å². The van der Waals surface area contributed by atoms with E-state index in [-0.39, 0.29) is 19.8 Å². The molecule has 0 unspecified atom stereocenters. The average molecular weight is 283 g/mol. The van der Waals surface area contributed by atoms with E-state index in [0.717, 1.165) is 0 Å². The van der Waals surface area contributed by atoms with Crippen LogP contribution in [0.4, 0.5) is 0 Å². The quantitative estimate of drug-likeness (QED) is 0.639. The van der Waals surface area contributed by atoms with Gasteiger partial charge in [0.05, 0.1) is 25.9 Å². The first kappa shape index (κ1) is 16.3. The van der Waals surface area contributed by atoms with Crippen molar-refractivity contribution in [3.05, 3.63) is 24.3 Å². The highest BCUT2D eigenvalue weighted by molar-refractivity contribution is 5.78. The maximum atomic E-state index is 11.8. The zero-order chi connectivity index (χ0) is 15.0. The van der Waals surface area contributed by atoms with Crippen LogP contribution in [0.15, 0.2) is 24.3 Å². The van der Waals surface area contributed by atoms with Gasteiger partial charge in [0, 0.05) is 0 Å². The Morgan fingerprint density at radius 1 is 1.25 bits per heavy atom. The summed E-state index contributed by atoms with van der Waals surface area (Å²) in [6.45, 7) is 0.886. The second-order valence-corrected chi connectivity index (χ2v) is 4.44. The molecule has 0 fully saturated rings. The minimum Gasteiger partial charge on any atom is -0.493 e. The number of hydrogen-bond donors (Lipinski definition) is 3. The van der Waals surface area contributed by atoms with Crippen LogP contribution in [0.1, 0.15) is 13.3 Å². The lowest BCUT2D eigenvalue weighted by atomic mass is 9.98. The number of aliphatic hydroxyl groups is 2. The molecule has 0 bridgehead atoms. The minimum absolute atomic E-state index is 0.220. The van der Waals surface area contributed by atoms with Crippen LogP contribution in [0.5, 0.6) is 11.5 Å². The van der Waals surface area contributed by atoms with Gasteiger partial charge < -0.3 is 25.0 Å². The van der Waals surface area contributed by atoms with Crippen LogP contribution in [0.25, 0.3) is 0 Å². The molecular formula is C14H21NO5. The number of hydrogen-bond acceptors (Lipinski definition) is 5. The fourth-order valence-corrected chi connectivity index (χ4v) is 1.65. The molecule has 1 aromatic carbocycles. The number of rotatable bonds is 8. The summed E-state index contributed by atoms with van der Waals surface area (Å²) in [5, 5.41) is 21.1. The van der Waals surface area contributed by atoms with Crippen molar-refractivity contribution in [1.82, 2.24) is 5.32 Å². The minimum atomic E-state index is -1.01. The molecule has 1 rings (SSSR count). The van der Waals surface area contributed by atoms with E-state index in [1.165, 1.54) is 7.11 Å². The third-order valence-electron chi connectivity index (χ3n) is 3.11. The van der Waals surface area contributed by atoms with E-state index in [9.17, 15) is 15.0 Å². The molecule has 0 aliphatic heterocycles. The van der Waals surface area contributed by atoms with Crippen molar-refractivity contribution in [3.63, 3.8) is 0 Å². The van der Waals surface area contributed by atoms with Gasteiger partial charge in [0.25, 0.3) is 5.91 Å². The van der Waals surface area contributed by atoms with Gasteiger partial charge in [-0.15, -0.1) is 0 Å². The number of para-hydroxylation sites is 2. The van der Waals surface area contributed by atoms with Crippen LogP contribution in [-0.4, -0.2) is 48.6 Å². The Hall–Kier alpha value is -1.79. The van der Waals surface area contributed by atoms with Gasteiger partial charge in [0.1, 0.15) is 0 Å². The van der Waals surface area contributed by atoms with Crippen molar-refractivity contribution >= 4 is 5.91 Å². The molecule has 6 nitrogen and oxygen atoms in total. The van der Waals surface area contributed by atoms with Gasteiger partial charge >= 0.3 is 0 Å². The molecular weight excluding hydrogens is 262 g/mol. The lowest BCUT2D eigenvalue weighted by Crippen LogP contribution is -2.54. The van der Waals surface area contributed by atoms with Crippen molar-refractivity contribution < 1.29 is 24.5 Å². The summed E-state index contributed by atoms with van der Waals surface area (Å²) in [5.41, 5.74) is -1.01. The van der Waals surface area contributed by atoms with Crippen LogP contribution < -0.4 is 14.8 Å². The topological polar surface area (TPSA) is 88.0 Å². The Balaban J connectivity index is 2.59. The number of benzene rings is 1. The van der Waals surface area contributed by atoms with Crippen molar-refractivity contribution in [2.45, 2.75) is 18.9 Å². The molecule has 0 aliphatic rings. The highest BCUT2D eigenvalue weighted by Crippen LogP contribution is 2.25. The van der Waals surface area contributed by atoms with Crippen molar-refractivity contribution in [1.29, 1.82) is 0 Å². The number of carbonyl (C=O) groups excluding carboxylic acids is 1. The van der Waals surface area contributed by atoms with Crippen LogP contribution in [-0.2, 0) is 4.79 Å². The summed E-state index contributed by atoms with van der Waals surface area (Å²) in [4.78, 5) is 11.8. The van der Waals surface area contributed by atoms with Crippen LogP contribution in [0, 0.1) is 0 Å². The fraction of sp³-hybridized carbons (Fsp3) is 0.500. The smallest absolute Gasteiger partial charge is 0.258 e. The van der Waals surface area contributed by atoms with E-state index in [1.54, 1.807) is 31.2 Å². The molecule has 0 atom stereocenters.